The summed E-state index contributed by atoms with van der Waals surface area (Å²) in [5.74, 6) is 0. The van der Waals surface area contributed by atoms with Crippen molar-refractivity contribution in [3.63, 3.8) is 0 Å². The Morgan fingerprint density at radius 2 is 1.33 bits per heavy atom. The summed E-state index contributed by atoms with van der Waals surface area (Å²) in [4.78, 5) is 0. The number of halogens is 1. The number of rotatable bonds is 0. The van der Waals surface area contributed by atoms with Crippen molar-refractivity contribution < 1.29 is 52.0 Å². The Bertz CT molecular complexity index is 12.3. The molecule has 0 aliphatic rings. The van der Waals surface area contributed by atoms with Gasteiger partial charge in [0.1, 0.15) is 0 Å². The van der Waals surface area contributed by atoms with E-state index in [9.17, 15) is 0 Å². The molecule has 0 heterocycles. The van der Waals surface area contributed by atoms with Gasteiger partial charge in [-0.3, -0.25) is 0 Å². The molecule has 0 aromatic heterocycles. The van der Waals surface area contributed by atoms with E-state index >= 15 is 0 Å². The van der Waals surface area contributed by atoms with Gasteiger partial charge in [0.05, 0.1) is 0 Å². The largest absolute Gasteiger partial charge is 0.412 e. The van der Waals surface area contributed by atoms with Crippen LogP contribution in [0.5, 0.6) is 0 Å². The van der Waals surface area contributed by atoms with Gasteiger partial charge in [-0.2, -0.15) is 0 Å². The van der Waals surface area contributed by atoms with E-state index in [1.54, 1.807) is 0 Å². The minimum atomic E-state index is -2.60. The van der Waals surface area contributed by atoms with Gasteiger partial charge in [-0.1, -0.05) is 0 Å². The van der Waals surface area contributed by atoms with Crippen molar-refractivity contribution in [3.8, 4) is 0 Å². The Hall–Kier alpha value is 0.844. The van der Waals surface area contributed by atoms with E-state index in [0.29, 0.717) is 0 Å². The fourth-order valence-corrected chi connectivity index (χ4v) is 0. The molecule has 4 nitrogen and oxygen atoms in total. The summed E-state index contributed by atoms with van der Waals surface area (Å²) < 4.78 is 24.0. The van der Waals surface area contributed by atoms with E-state index in [-0.39, 0.29) is 27.2 Å². The topological polar surface area (TPSA) is 97.9 Å². The third-order valence-electron chi connectivity index (χ3n) is 0. The van der Waals surface area contributed by atoms with Crippen LogP contribution in [0.1, 0.15) is 0 Å². The second kappa shape index (κ2) is 9.28. The van der Waals surface area contributed by atoms with Crippen LogP contribution in [0, 0.1) is 10.8 Å². The molecule has 0 atom stereocenters. The first kappa shape index (κ1) is 15.8. The molecule has 0 aromatic rings. The summed E-state index contributed by atoms with van der Waals surface area (Å²) in [5, 5.41) is 0. The summed E-state index contributed by atoms with van der Waals surface area (Å²) in [5.41, 5.74) is 0. The Morgan fingerprint density at radius 1 is 1.33 bits per heavy atom. The zero-order valence-electron chi connectivity index (χ0n) is 2.64. The van der Waals surface area contributed by atoms with Crippen LogP contribution in [0.2, 0.25) is 0 Å². The Kier molecular flexibility index (Phi) is 24.5. The summed E-state index contributed by atoms with van der Waals surface area (Å²) in [6.45, 7) is 0. The standard InChI is InChI=1S/ClHO3.H2O.Ti/c2-1(3)4;;/h2H;1H2;. The normalized spacial score (nSPS) is 6.00. The second-order valence-corrected chi connectivity index (χ2v) is 0.603. The SMILES string of the molecule is O.[O-][Cl+2]([O-])O.[Ti]. The number of hydrogen-bond donors (Lipinski definition) is 1. The molecule has 6 heteroatoms. The van der Waals surface area contributed by atoms with Crippen LogP contribution < -0.4 is 9.32 Å². The van der Waals surface area contributed by atoms with Gasteiger partial charge < -0.3 is 14.8 Å². The van der Waals surface area contributed by atoms with Gasteiger partial charge in [0, 0.05) is 26.4 Å². The molecule has 0 fully saturated rings. The van der Waals surface area contributed by atoms with Crippen LogP contribution in [0.25, 0.3) is 0 Å². The van der Waals surface area contributed by atoms with Crippen LogP contribution >= 0.6 is 0 Å². The molecule has 0 saturated carbocycles. The fourth-order valence-electron chi connectivity index (χ4n) is 0. The smallest absolute Gasteiger partial charge is 0.282 e. The van der Waals surface area contributed by atoms with E-state index in [1.807, 2.05) is 0 Å². The van der Waals surface area contributed by atoms with Gasteiger partial charge in [0.25, 0.3) is 10.8 Å². The molecule has 0 saturated heterocycles. The van der Waals surface area contributed by atoms with Crippen molar-refractivity contribution in [1.82, 2.24) is 0 Å². The molecule has 0 amide bonds. The molecule has 0 spiro atoms. The molecule has 38 valence electrons. The molecule has 0 aliphatic carbocycles. The maximum Gasteiger partial charge on any atom is 0.282 e. The van der Waals surface area contributed by atoms with Crippen LogP contribution in [0.4, 0.5) is 0 Å². The van der Waals surface area contributed by atoms with Crippen molar-refractivity contribution in [3.05, 3.63) is 0 Å². The molecule has 6 heavy (non-hydrogen) atoms. The Balaban J connectivity index is -0.0000000450. The van der Waals surface area contributed by atoms with E-state index in [0.717, 1.165) is 0 Å². The molecule has 3 N–H and O–H groups in total. The van der Waals surface area contributed by atoms with Crippen LogP contribution in [-0.4, -0.2) is 10.1 Å². The van der Waals surface area contributed by atoms with Crippen molar-refractivity contribution in [1.29, 1.82) is 0 Å². The zero-order valence-corrected chi connectivity index (χ0v) is 4.96. The Morgan fingerprint density at radius 3 is 1.33 bits per heavy atom. The maximum atomic E-state index is 8.52. The molecule has 0 bridgehead atoms. The van der Waals surface area contributed by atoms with Crippen molar-refractivity contribution in [2.45, 2.75) is 0 Å². The molecular formula is H3ClO4Ti. The first-order chi connectivity index (χ1) is 1.73. The van der Waals surface area contributed by atoms with Crippen LogP contribution in [0.15, 0.2) is 0 Å². The minimum Gasteiger partial charge on any atom is -0.412 e. The van der Waals surface area contributed by atoms with E-state index in [4.69, 9.17) is 14.0 Å². The third kappa shape index (κ3) is 100. The molecule has 0 radical (unpaired) electrons. The fraction of sp³-hybridized carbons (Fsp3) is 0. The molecule has 0 aromatic carbocycles. The van der Waals surface area contributed by atoms with Crippen LogP contribution in [0.3, 0.4) is 0 Å². The van der Waals surface area contributed by atoms with Gasteiger partial charge in [-0.05, 0) is 0 Å². The summed E-state index contributed by atoms with van der Waals surface area (Å²) in [7, 11) is -2.60. The van der Waals surface area contributed by atoms with Gasteiger partial charge in [-0.25, -0.2) is 0 Å². The van der Waals surface area contributed by atoms with E-state index < -0.39 is 10.8 Å². The monoisotopic (exact) mass is 150 g/mol. The van der Waals surface area contributed by atoms with Gasteiger partial charge in [-0.15, -0.1) is 0 Å². The van der Waals surface area contributed by atoms with Crippen molar-refractivity contribution >= 4 is 0 Å². The Labute approximate surface area is 52.4 Å². The first-order valence-corrected chi connectivity index (χ1v) is 1.43. The van der Waals surface area contributed by atoms with Crippen molar-refractivity contribution in [2.24, 2.45) is 0 Å². The predicted molar refractivity (Wildman–Crippen MR) is 5.83 cm³/mol. The average Bonchev–Trinajstić information content (AvgIpc) is 0.811. The molecule has 0 aliphatic heterocycles. The van der Waals surface area contributed by atoms with Gasteiger partial charge in [0.2, 0.25) is 0 Å². The third-order valence-corrected chi connectivity index (χ3v) is 0. The molecule has 0 unspecified atom stereocenters. The first-order valence-electron chi connectivity index (χ1n) is 0.478. The maximum absolute atomic E-state index is 8.52. The summed E-state index contributed by atoms with van der Waals surface area (Å²) in [6, 6.07) is 0. The number of hydrogen-bond acceptors (Lipinski definition) is 3. The van der Waals surface area contributed by atoms with Gasteiger partial charge in [0.15, 0.2) is 0 Å². The zero-order chi connectivity index (χ0) is 3.58. The predicted octanol–water partition coefficient (Wildman–Crippen LogP) is -3.76. The quantitative estimate of drug-likeness (QED) is 0.359. The second-order valence-electron chi connectivity index (χ2n) is 0.201. The van der Waals surface area contributed by atoms with Gasteiger partial charge >= 0.3 is 0 Å². The van der Waals surface area contributed by atoms with Crippen molar-refractivity contribution in [2.75, 3.05) is 0 Å². The average molecular weight is 150 g/mol. The van der Waals surface area contributed by atoms with E-state index in [1.165, 1.54) is 0 Å². The molecular weight excluding hydrogens is 147 g/mol. The minimum absolute atomic E-state index is 0. The molecule has 0 rings (SSSR count). The van der Waals surface area contributed by atoms with E-state index in [2.05, 4.69) is 0 Å². The summed E-state index contributed by atoms with van der Waals surface area (Å²) in [6.07, 6.45) is 0. The summed E-state index contributed by atoms with van der Waals surface area (Å²) >= 11 is 0. The van der Waals surface area contributed by atoms with Crippen LogP contribution in [-0.2, 0) is 21.7 Å².